The molecule has 11 nitrogen and oxygen atoms in total. The van der Waals surface area contributed by atoms with E-state index >= 15 is 0 Å². The highest BCUT2D eigenvalue weighted by molar-refractivity contribution is 4.95. The summed E-state index contributed by atoms with van der Waals surface area (Å²) in [7, 11) is 1.66. The number of nitrogens with one attached hydrogen (secondary N) is 2. The average Bonchev–Trinajstić information content (AvgIpc) is 3.02. The number of methoxy groups -OCH3 is 1. The van der Waals surface area contributed by atoms with Crippen LogP contribution in [-0.4, -0.2) is 115 Å². The zero-order chi connectivity index (χ0) is 31.9. The van der Waals surface area contributed by atoms with Crippen LogP contribution >= 0.6 is 0 Å². The van der Waals surface area contributed by atoms with Gasteiger partial charge in [-0.05, 0) is 127 Å². The average molecular weight is 642 g/mol. The molecule has 0 bridgehead atoms. The van der Waals surface area contributed by atoms with Crippen LogP contribution in [0.3, 0.4) is 0 Å². The van der Waals surface area contributed by atoms with Crippen molar-refractivity contribution in [3.8, 4) is 0 Å². The zero-order valence-electron chi connectivity index (χ0n) is 27.7. The monoisotopic (exact) mass is 641 g/mol. The molecule has 3 saturated heterocycles. The maximum Gasteiger partial charge on any atom is 0.144 e. The SMILES string of the molecule is COC1CC([C@H]2C[C@@H](O)C[C@H](CCC3CCC(O)C(OCO)C3)O2)CC(OC[C@@H]2N[C@H](C)CC[C@@H]2CC2CCNC(N)C2)C1O. The van der Waals surface area contributed by atoms with E-state index in [1.165, 1.54) is 19.3 Å². The summed E-state index contributed by atoms with van der Waals surface area (Å²) in [5, 5.41) is 48.7. The van der Waals surface area contributed by atoms with Crippen molar-refractivity contribution in [2.75, 3.05) is 27.1 Å². The zero-order valence-corrected chi connectivity index (χ0v) is 27.7. The fraction of sp³-hybridized carbons (Fsp3) is 1.00. The van der Waals surface area contributed by atoms with Gasteiger partial charge in [-0.15, -0.1) is 0 Å². The van der Waals surface area contributed by atoms with E-state index in [4.69, 9.17) is 24.7 Å². The van der Waals surface area contributed by atoms with Gasteiger partial charge in [0.2, 0.25) is 0 Å². The summed E-state index contributed by atoms with van der Waals surface area (Å²) in [5.41, 5.74) is 6.21. The number of nitrogens with two attached hydrogens (primary N) is 1. The van der Waals surface area contributed by atoms with Gasteiger partial charge in [0.15, 0.2) is 0 Å². The quantitative estimate of drug-likeness (QED) is 0.155. The predicted octanol–water partition coefficient (Wildman–Crippen LogP) is 1.77. The summed E-state index contributed by atoms with van der Waals surface area (Å²) in [6.45, 7) is 3.42. The molecule has 0 aromatic heterocycles. The Labute approximate surface area is 270 Å². The molecule has 11 heteroatoms. The molecule has 2 saturated carbocycles. The molecule has 5 aliphatic rings. The Balaban J connectivity index is 1.15. The van der Waals surface area contributed by atoms with E-state index in [2.05, 4.69) is 17.6 Å². The number of piperidine rings is 2. The van der Waals surface area contributed by atoms with Crippen molar-refractivity contribution >= 4 is 0 Å². The Kier molecular flexibility index (Phi) is 13.8. The summed E-state index contributed by atoms with van der Waals surface area (Å²) in [6.07, 6.45) is 9.71. The van der Waals surface area contributed by atoms with Crippen molar-refractivity contribution in [2.24, 2.45) is 29.4 Å². The highest BCUT2D eigenvalue weighted by Crippen LogP contribution is 2.39. The third kappa shape index (κ3) is 10.0. The maximum atomic E-state index is 11.3. The molecule has 0 aromatic rings. The number of hydrogen-bond donors (Lipinski definition) is 7. The molecular formula is C34H63N3O8. The number of rotatable bonds is 12. The van der Waals surface area contributed by atoms with Gasteiger partial charge < -0.3 is 55.7 Å². The Hall–Kier alpha value is -0.440. The van der Waals surface area contributed by atoms with Crippen molar-refractivity contribution in [3.63, 3.8) is 0 Å². The smallest absolute Gasteiger partial charge is 0.144 e. The lowest BCUT2D eigenvalue weighted by molar-refractivity contribution is -0.179. The Morgan fingerprint density at radius 2 is 1.67 bits per heavy atom. The van der Waals surface area contributed by atoms with Crippen LogP contribution < -0.4 is 16.4 Å². The molecular weight excluding hydrogens is 578 g/mol. The number of hydrogen-bond acceptors (Lipinski definition) is 11. The van der Waals surface area contributed by atoms with Crippen molar-refractivity contribution in [1.29, 1.82) is 0 Å². The molecule has 0 amide bonds. The van der Waals surface area contributed by atoms with Gasteiger partial charge in [-0.3, -0.25) is 0 Å². The highest BCUT2D eigenvalue weighted by atomic mass is 16.6. The van der Waals surface area contributed by atoms with Crippen LogP contribution in [0.5, 0.6) is 0 Å². The minimum absolute atomic E-state index is 0.0354. The van der Waals surface area contributed by atoms with Crippen LogP contribution in [0.25, 0.3) is 0 Å². The summed E-state index contributed by atoms with van der Waals surface area (Å²) in [6, 6.07) is 0.690. The maximum absolute atomic E-state index is 11.3. The Bertz CT molecular complexity index is 873. The van der Waals surface area contributed by atoms with E-state index in [0.717, 1.165) is 45.1 Å². The van der Waals surface area contributed by atoms with Gasteiger partial charge >= 0.3 is 0 Å². The molecule has 3 heterocycles. The normalized spacial score (nSPS) is 46.6. The molecule has 0 spiro atoms. The highest BCUT2D eigenvalue weighted by Gasteiger charge is 2.44. The van der Waals surface area contributed by atoms with E-state index in [-0.39, 0.29) is 55.4 Å². The topological polar surface area (TPSA) is 168 Å². The van der Waals surface area contributed by atoms with Crippen LogP contribution in [0.2, 0.25) is 0 Å². The third-order valence-corrected chi connectivity index (χ3v) is 11.8. The minimum Gasteiger partial charge on any atom is -0.393 e. The first-order valence-corrected chi connectivity index (χ1v) is 18.0. The molecule has 3 aliphatic heterocycles. The molecule has 45 heavy (non-hydrogen) atoms. The lowest BCUT2D eigenvalue weighted by Crippen LogP contribution is -2.54. The van der Waals surface area contributed by atoms with Gasteiger partial charge in [0.25, 0.3) is 0 Å². The van der Waals surface area contributed by atoms with Crippen molar-refractivity contribution in [2.45, 2.75) is 164 Å². The van der Waals surface area contributed by atoms with Crippen molar-refractivity contribution < 1.29 is 39.4 Å². The van der Waals surface area contributed by atoms with Gasteiger partial charge in [0, 0.05) is 19.2 Å². The fourth-order valence-electron chi connectivity index (χ4n) is 9.21. The molecule has 262 valence electrons. The molecule has 2 aliphatic carbocycles. The van der Waals surface area contributed by atoms with Gasteiger partial charge in [-0.2, -0.15) is 0 Å². The molecule has 5 rings (SSSR count). The lowest BCUT2D eigenvalue weighted by atomic mass is 9.76. The summed E-state index contributed by atoms with van der Waals surface area (Å²) < 4.78 is 24.4. The van der Waals surface area contributed by atoms with E-state index < -0.39 is 18.3 Å². The first kappa shape index (κ1) is 35.9. The van der Waals surface area contributed by atoms with Gasteiger partial charge in [-0.25, -0.2) is 0 Å². The third-order valence-electron chi connectivity index (χ3n) is 11.8. The Morgan fingerprint density at radius 1 is 0.844 bits per heavy atom. The Morgan fingerprint density at radius 3 is 2.44 bits per heavy atom. The molecule has 0 aromatic carbocycles. The van der Waals surface area contributed by atoms with E-state index in [0.29, 0.717) is 62.5 Å². The molecule has 8 N–H and O–H groups in total. The van der Waals surface area contributed by atoms with Crippen LogP contribution in [0, 0.1) is 23.7 Å². The number of aliphatic hydroxyl groups excluding tert-OH is 4. The fourth-order valence-corrected chi connectivity index (χ4v) is 9.21. The second-order valence-electron chi connectivity index (χ2n) is 15.1. The standard InChI is InChI=1S/C34H63N3O8/c1-20-3-6-23(11-22-9-10-36-33(35)13-22)27(37-20)18-43-32-15-24(14-31(42-2)34(32)41)29-17-25(39)16-26(45-29)7-4-21-5-8-28(40)30(12-21)44-19-38/h20-34,36-41H,3-19,35H2,1-2H3/t20-,21?,22?,23-,24?,25+,26+,27+,28?,29-,30?,31?,32?,33?,34?/m1/s1. The number of ether oxygens (including phenoxy) is 4. The first-order valence-electron chi connectivity index (χ1n) is 18.0. The summed E-state index contributed by atoms with van der Waals surface area (Å²) in [4.78, 5) is 0. The predicted molar refractivity (Wildman–Crippen MR) is 170 cm³/mol. The van der Waals surface area contributed by atoms with Gasteiger partial charge in [0.1, 0.15) is 12.9 Å². The summed E-state index contributed by atoms with van der Waals surface area (Å²) in [5.74, 6) is 1.69. The van der Waals surface area contributed by atoms with Crippen LogP contribution in [0.4, 0.5) is 0 Å². The molecule has 15 atom stereocenters. The summed E-state index contributed by atoms with van der Waals surface area (Å²) >= 11 is 0. The van der Waals surface area contributed by atoms with Gasteiger partial charge in [0.05, 0.1) is 55.5 Å². The van der Waals surface area contributed by atoms with E-state index in [1.54, 1.807) is 7.11 Å². The second kappa shape index (κ2) is 17.3. The van der Waals surface area contributed by atoms with E-state index in [9.17, 15) is 20.4 Å². The lowest BCUT2D eigenvalue weighted by Gasteiger charge is -2.45. The largest absolute Gasteiger partial charge is 0.393 e. The number of aliphatic hydroxyl groups is 4. The molecule has 5 fully saturated rings. The van der Waals surface area contributed by atoms with Crippen LogP contribution in [0.15, 0.2) is 0 Å². The second-order valence-corrected chi connectivity index (χ2v) is 15.1. The molecule has 0 radical (unpaired) electrons. The minimum atomic E-state index is -0.701. The van der Waals surface area contributed by atoms with Gasteiger partial charge in [-0.1, -0.05) is 0 Å². The van der Waals surface area contributed by atoms with Crippen LogP contribution in [0.1, 0.15) is 96.8 Å². The van der Waals surface area contributed by atoms with Crippen molar-refractivity contribution in [3.05, 3.63) is 0 Å². The van der Waals surface area contributed by atoms with Crippen molar-refractivity contribution in [1.82, 2.24) is 10.6 Å². The first-order chi connectivity index (χ1) is 21.7. The van der Waals surface area contributed by atoms with Crippen LogP contribution in [-0.2, 0) is 18.9 Å². The van der Waals surface area contributed by atoms with E-state index in [1.807, 2.05) is 0 Å². The molecule has 9 unspecified atom stereocenters.